The number of nitrogens with one attached hydrogen (secondary N) is 2. The number of imide groups is 2. The first kappa shape index (κ1) is 21.5. The van der Waals surface area contributed by atoms with Gasteiger partial charge in [-0.1, -0.05) is 36.4 Å². The average molecular weight is 447 g/mol. The predicted molar refractivity (Wildman–Crippen MR) is 120 cm³/mol. The van der Waals surface area contributed by atoms with Gasteiger partial charge >= 0.3 is 0 Å². The maximum absolute atomic E-state index is 13.0. The minimum Gasteiger partial charge on any atom is -0.330 e. The third-order valence-electron chi connectivity index (χ3n) is 7.15. The second-order valence-corrected chi connectivity index (χ2v) is 9.16. The summed E-state index contributed by atoms with van der Waals surface area (Å²) in [5.74, 6) is -1.96. The summed E-state index contributed by atoms with van der Waals surface area (Å²) < 4.78 is 0. The first-order chi connectivity index (χ1) is 15.9. The first-order valence-electron chi connectivity index (χ1n) is 11.3. The van der Waals surface area contributed by atoms with Gasteiger partial charge in [0.15, 0.2) is 0 Å². The van der Waals surface area contributed by atoms with Gasteiger partial charge in [0.2, 0.25) is 11.8 Å². The van der Waals surface area contributed by atoms with Gasteiger partial charge < -0.3 is 11.1 Å². The Balaban J connectivity index is 1.24. The van der Waals surface area contributed by atoms with E-state index in [-0.39, 0.29) is 24.2 Å². The van der Waals surface area contributed by atoms with Crippen LogP contribution in [0, 0.1) is 0 Å². The van der Waals surface area contributed by atoms with E-state index in [0.717, 1.165) is 23.3 Å². The number of rotatable bonds is 6. The Labute approximate surface area is 191 Å². The zero-order valence-corrected chi connectivity index (χ0v) is 18.2. The molecule has 0 radical (unpaired) electrons. The molecule has 3 aliphatic rings. The zero-order valence-electron chi connectivity index (χ0n) is 18.2. The van der Waals surface area contributed by atoms with Crippen molar-refractivity contribution >= 4 is 23.6 Å². The average Bonchev–Trinajstić information content (AvgIpc) is 3.04. The summed E-state index contributed by atoms with van der Waals surface area (Å²) >= 11 is 0. The molecule has 2 aliphatic heterocycles. The van der Waals surface area contributed by atoms with Crippen LogP contribution in [0.15, 0.2) is 48.5 Å². The summed E-state index contributed by atoms with van der Waals surface area (Å²) in [5.41, 5.74) is 8.86. The summed E-state index contributed by atoms with van der Waals surface area (Å²) in [7, 11) is 0. The van der Waals surface area contributed by atoms with Crippen LogP contribution in [0.3, 0.4) is 0 Å². The molecule has 2 aromatic carbocycles. The second kappa shape index (κ2) is 8.20. The van der Waals surface area contributed by atoms with Gasteiger partial charge in [-0.3, -0.25) is 29.4 Å². The molecule has 2 fully saturated rings. The van der Waals surface area contributed by atoms with Gasteiger partial charge in [-0.15, -0.1) is 0 Å². The SMILES string of the molecule is NCC1(c2ccccc2)CC(NCc2ccc3c(c2)C(=O)N(C2CCC(=O)NC2=O)C3=O)C1. The van der Waals surface area contributed by atoms with Gasteiger partial charge in [-0.25, -0.2) is 0 Å². The number of nitrogens with zero attached hydrogens (tertiary/aromatic N) is 1. The number of benzene rings is 2. The number of piperidine rings is 1. The highest BCUT2D eigenvalue weighted by Crippen LogP contribution is 2.43. The lowest BCUT2D eigenvalue weighted by molar-refractivity contribution is -0.136. The van der Waals surface area contributed by atoms with E-state index in [2.05, 4.69) is 22.8 Å². The van der Waals surface area contributed by atoms with E-state index in [4.69, 9.17) is 5.73 Å². The second-order valence-electron chi connectivity index (χ2n) is 9.16. The molecule has 1 unspecified atom stereocenters. The van der Waals surface area contributed by atoms with Crippen LogP contribution in [-0.4, -0.2) is 47.2 Å². The third-order valence-corrected chi connectivity index (χ3v) is 7.15. The number of fused-ring (bicyclic) bond motifs is 1. The highest BCUT2D eigenvalue weighted by Gasteiger charge is 2.45. The quantitative estimate of drug-likeness (QED) is 0.574. The van der Waals surface area contributed by atoms with Crippen molar-refractivity contribution in [1.29, 1.82) is 0 Å². The molecule has 5 rings (SSSR count). The normalized spacial score (nSPS) is 26.8. The predicted octanol–water partition coefficient (Wildman–Crippen LogP) is 1.24. The summed E-state index contributed by atoms with van der Waals surface area (Å²) in [6, 6.07) is 14.9. The van der Waals surface area contributed by atoms with Crippen molar-refractivity contribution in [2.45, 2.75) is 49.7 Å². The van der Waals surface area contributed by atoms with Crippen LogP contribution in [0.1, 0.15) is 57.5 Å². The summed E-state index contributed by atoms with van der Waals surface area (Å²) in [4.78, 5) is 50.4. The molecule has 0 spiro atoms. The van der Waals surface area contributed by atoms with Gasteiger partial charge in [-0.05, 0) is 42.5 Å². The molecule has 170 valence electrons. The number of hydrogen-bond donors (Lipinski definition) is 3. The fraction of sp³-hybridized carbons (Fsp3) is 0.360. The van der Waals surface area contributed by atoms with Crippen molar-refractivity contribution in [2.75, 3.05) is 6.54 Å². The number of amides is 4. The highest BCUT2D eigenvalue weighted by atomic mass is 16.2. The van der Waals surface area contributed by atoms with Crippen LogP contribution in [0.5, 0.6) is 0 Å². The minimum absolute atomic E-state index is 0.00169. The van der Waals surface area contributed by atoms with E-state index in [1.54, 1.807) is 12.1 Å². The van der Waals surface area contributed by atoms with Crippen LogP contribution in [0.2, 0.25) is 0 Å². The molecule has 33 heavy (non-hydrogen) atoms. The van der Waals surface area contributed by atoms with E-state index in [0.29, 0.717) is 30.3 Å². The van der Waals surface area contributed by atoms with Gasteiger partial charge in [0.25, 0.3) is 11.8 Å². The van der Waals surface area contributed by atoms with Crippen molar-refractivity contribution in [3.63, 3.8) is 0 Å². The maximum Gasteiger partial charge on any atom is 0.262 e. The standard InChI is InChI=1S/C25H26N4O4/c26-14-25(16-4-2-1-3-5-16)11-17(12-25)27-13-15-6-7-18-19(10-15)24(33)29(23(18)32)20-8-9-21(30)28-22(20)31/h1-7,10,17,20,27H,8-9,11-14,26H2,(H,28,30,31). The van der Waals surface area contributed by atoms with Crippen molar-refractivity contribution < 1.29 is 19.2 Å². The van der Waals surface area contributed by atoms with Crippen LogP contribution in [0.4, 0.5) is 0 Å². The van der Waals surface area contributed by atoms with Crippen LogP contribution in [-0.2, 0) is 21.5 Å². The third kappa shape index (κ3) is 3.65. The molecule has 0 bridgehead atoms. The fourth-order valence-corrected chi connectivity index (χ4v) is 5.23. The lowest BCUT2D eigenvalue weighted by Crippen LogP contribution is -2.55. The van der Waals surface area contributed by atoms with Crippen molar-refractivity contribution in [3.05, 3.63) is 70.8 Å². The molecule has 4 amide bonds. The largest absolute Gasteiger partial charge is 0.330 e. The van der Waals surface area contributed by atoms with E-state index in [1.807, 2.05) is 24.3 Å². The Kier molecular flexibility index (Phi) is 5.34. The Morgan fingerprint density at radius 3 is 2.42 bits per heavy atom. The molecule has 4 N–H and O–H groups in total. The number of nitrogens with two attached hydrogens (primary N) is 1. The molecule has 1 atom stereocenters. The Bertz CT molecular complexity index is 1140. The van der Waals surface area contributed by atoms with E-state index >= 15 is 0 Å². The molecule has 1 aliphatic carbocycles. The molecular formula is C25H26N4O4. The zero-order chi connectivity index (χ0) is 23.2. The Hall–Kier alpha value is -3.36. The van der Waals surface area contributed by atoms with Gasteiger partial charge in [0.1, 0.15) is 6.04 Å². The van der Waals surface area contributed by atoms with Crippen LogP contribution >= 0.6 is 0 Å². The lowest BCUT2D eigenvalue weighted by atomic mass is 9.61. The van der Waals surface area contributed by atoms with Crippen molar-refractivity contribution in [2.24, 2.45) is 5.73 Å². The fourth-order valence-electron chi connectivity index (χ4n) is 5.23. The Morgan fingerprint density at radius 1 is 1.00 bits per heavy atom. The maximum atomic E-state index is 13.0. The summed E-state index contributed by atoms with van der Waals surface area (Å²) in [6.07, 6.45) is 2.14. The van der Waals surface area contributed by atoms with Crippen molar-refractivity contribution in [1.82, 2.24) is 15.5 Å². The first-order valence-corrected chi connectivity index (χ1v) is 11.3. The summed E-state index contributed by atoms with van der Waals surface area (Å²) in [6.45, 7) is 1.16. The molecule has 1 saturated heterocycles. The molecule has 0 aromatic heterocycles. The molecule has 8 heteroatoms. The topological polar surface area (TPSA) is 122 Å². The van der Waals surface area contributed by atoms with Crippen LogP contribution in [0.25, 0.3) is 0 Å². The number of carbonyl (C=O) groups excluding carboxylic acids is 4. The minimum atomic E-state index is -0.950. The van der Waals surface area contributed by atoms with E-state index in [9.17, 15) is 19.2 Å². The molecule has 2 aromatic rings. The number of carbonyl (C=O) groups is 4. The van der Waals surface area contributed by atoms with Crippen LogP contribution < -0.4 is 16.4 Å². The number of hydrogen-bond acceptors (Lipinski definition) is 6. The van der Waals surface area contributed by atoms with E-state index in [1.165, 1.54) is 5.56 Å². The highest BCUT2D eigenvalue weighted by molar-refractivity contribution is 6.23. The Morgan fingerprint density at radius 2 is 1.73 bits per heavy atom. The monoisotopic (exact) mass is 446 g/mol. The van der Waals surface area contributed by atoms with E-state index < -0.39 is 23.8 Å². The van der Waals surface area contributed by atoms with Crippen molar-refractivity contribution in [3.8, 4) is 0 Å². The smallest absolute Gasteiger partial charge is 0.262 e. The molecular weight excluding hydrogens is 420 g/mol. The van der Waals surface area contributed by atoms with Gasteiger partial charge in [0, 0.05) is 31.0 Å². The molecule has 8 nitrogen and oxygen atoms in total. The van der Waals surface area contributed by atoms with Gasteiger partial charge in [-0.2, -0.15) is 0 Å². The van der Waals surface area contributed by atoms with Gasteiger partial charge in [0.05, 0.1) is 11.1 Å². The lowest BCUT2D eigenvalue weighted by Gasteiger charge is -2.48. The molecule has 2 heterocycles. The molecule has 1 saturated carbocycles. The summed E-state index contributed by atoms with van der Waals surface area (Å²) in [5, 5.41) is 5.74.